The molecule has 1 aromatic carbocycles. The number of anilines is 1. The van der Waals surface area contributed by atoms with Crippen molar-refractivity contribution in [2.24, 2.45) is 0 Å². The minimum atomic E-state index is -1.12. The molecule has 1 aromatic heterocycles. The molecule has 1 atom stereocenters. The molecule has 5 nitrogen and oxygen atoms in total. The molecule has 1 heterocycles. The predicted molar refractivity (Wildman–Crippen MR) is 78.2 cm³/mol. The largest absolute Gasteiger partial charge is 0.478 e. The van der Waals surface area contributed by atoms with Gasteiger partial charge in [0.2, 0.25) is 0 Å². The molecular weight excluding hydrogens is 295 g/mol. The summed E-state index contributed by atoms with van der Waals surface area (Å²) in [6, 6.07) is 6.41. The standard InChI is InChI=1S/C14H13FN2O3S/c1-8(9-4-2-3-5-11(9)15)16-14(20)17-12-10(13(18)19)6-7-21-12/h2-8H,1H3,(H,18,19)(H2,16,17,20)/t8-/m1/s1. The van der Waals surface area contributed by atoms with Crippen molar-refractivity contribution in [3.8, 4) is 0 Å². The van der Waals surface area contributed by atoms with E-state index in [-0.39, 0.29) is 10.6 Å². The minimum absolute atomic E-state index is 0.0219. The minimum Gasteiger partial charge on any atom is -0.478 e. The van der Waals surface area contributed by atoms with E-state index in [1.165, 1.54) is 12.1 Å². The van der Waals surface area contributed by atoms with Crippen LogP contribution < -0.4 is 10.6 Å². The molecule has 0 aliphatic heterocycles. The third-order valence-corrected chi connectivity index (χ3v) is 3.67. The van der Waals surface area contributed by atoms with Crippen molar-refractivity contribution in [2.45, 2.75) is 13.0 Å². The van der Waals surface area contributed by atoms with Crippen molar-refractivity contribution in [3.63, 3.8) is 0 Å². The molecule has 0 aliphatic carbocycles. The first kappa shape index (κ1) is 15.0. The zero-order valence-electron chi connectivity index (χ0n) is 11.1. The van der Waals surface area contributed by atoms with Crippen molar-refractivity contribution in [3.05, 3.63) is 52.7 Å². The second-order valence-electron chi connectivity index (χ2n) is 4.31. The van der Waals surface area contributed by atoms with Gasteiger partial charge in [0.15, 0.2) is 0 Å². The summed E-state index contributed by atoms with van der Waals surface area (Å²) in [5, 5.41) is 15.8. The molecule has 0 aliphatic rings. The van der Waals surface area contributed by atoms with E-state index in [9.17, 15) is 14.0 Å². The Kier molecular flexibility index (Phi) is 4.54. The number of hydrogen-bond donors (Lipinski definition) is 3. The number of amides is 2. The third kappa shape index (κ3) is 3.57. The van der Waals surface area contributed by atoms with E-state index >= 15 is 0 Å². The molecule has 7 heteroatoms. The Labute approximate surface area is 124 Å². The molecule has 0 spiro atoms. The van der Waals surface area contributed by atoms with Crippen LogP contribution in [0.25, 0.3) is 0 Å². The van der Waals surface area contributed by atoms with Gasteiger partial charge in [0.1, 0.15) is 10.8 Å². The number of rotatable bonds is 4. The number of carboxylic acid groups (broad SMARTS) is 1. The monoisotopic (exact) mass is 308 g/mol. The van der Waals surface area contributed by atoms with E-state index in [0.29, 0.717) is 5.56 Å². The first-order valence-corrected chi connectivity index (χ1v) is 6.99. The molecule has 0 saturated heterocycles. The number of urea groups is 1. The number of thiophene rings is 1. The lowest BCUT2D eigenvalue weighted by atomic mass is 10.1. The molecule has 0 bridgehead atoms. The molecule has 0 radical (unpaired) electrons. The van der Waals surface area contributed by atoms with Crippen LogP contribution in [0.2, 0.25) is 0 Å². The molecule has 2 aromatic rings. The Hall–Kier alpha value is -2.41. The number of carboxylic acids is 1. The van der Waals surface area contributed by atoms with Gasteiger partial charge in [-0.05, 0) is 24.4 Å². The Morgan fingerprint density at radius 3 is 2.67 bits per heavy atom. The van der Waals surface area contributed by atoms with E-state index in [4.69, 9.17) is 5.11 Å². The summed E-state index contributed by atoms with van der Waals surface area (Å²) in [6.07, 6.45) is 0. The Morgan fingerprint density at radius 1 is 1.29 bits per heavy atom. The fourth-order valence-electron chi connectivity index (χ4n) is 1.81. The molecule has 0 fully saturated rings. The van der Waals surface area contributed by atoms with Crippen LogP contribution in [0.3, 0.4) is 0 Å². The number of carbonyl (C=O) groups excluding carboxylic acids is 1. The number of carbonyl (C=O) groups is 2. The fourth-order valence-corrected chi connectivity index (χ4v) is 2.59. The van der Waals surface area contributed by atoms with Gasteiger partial charge in [-0.2, -0.15) is 0 Å². The zero-order valence-corrected chi connectivity index (χ0v) is 11.9. The summed E-state index contributed by atoms with van der Waals surface area (Å²) >= 11 is 1.11. The van der Waals surface area contributed by atoms with Crippen LogP contribution in [0.1, 0.15) is 28.9 Å². The highest BCUT2D eigenvalue weighted by atomic mass is 32.1. The number of halogens is 1. The van der Waals surface area contributed by atoms with Crippen LogP contribution in [0, 0.1) is 5.82 Å². The van der Waals surface area contributed by atoms with Gasteiger partial charge in [0, 0.05) is 5.56 Å². The average molecular weight is 308 g/mol. The Bertz CT molecular complexity index is 672. The van der Waals surface area contributed by atoms with Crippen LogP contribution in [0.5, 0.6) is 0 Å². The van der Waals surface area contributed by atoms with Crippen molar-refractivity contribution in [1.82, 2.24) is 5.32 Å². The third-order valence-electron chi connectivity index (χ3n) is 2.84. The number of nitrogens with one attached hydrogen (secondary N) is 2. The number of aromatic carboxylic acids is 1. The quantitative estimate of drug-likeness (QED) is 0.809. The van der Waals surface area contributed by atoms with E-state index in [1.54, 1.807) is 30.5 Å². The van der Waals surface area contributed by atoms with Gasteiger partial charge < -0.3 is 10.4 Å². The second kappa shape index (κ2) is 6.36. The van der Waals surface area contributed by atoms with Gasteiger partial charge in [-0.15, -0.1) is 11.3 Å². The van der Waals surface area contributed by atoms with Crippen molar-refractivity contribution in [1.29, 1.82) is 0 Å². The maximum Gasteiger partial charge on any atom is 0.338 e. The summed E-state index contributed by atoms with van der Waals surface area (Å²) in [4.78, 5) is 22.8. The second-order valence-corrected chi connectivity index (χ2v) is 5.23. The SMILES string of the molecule is C[C@@H](NC(=O)Nc1sccc1C(=O)O)c1ccccc1F. The van der Waals surface area contributed by atoms with Crippen LogP contribution in [-0.4, -0.2) is 17.1 Å². The van der Waals surface area contributed by atoms with Gasteiger partial charge >= 0.3 is 12.0 Å². The highest BCUT2D eigenvalue weighted by Crippen LogP contribution is 2.23. The topological polar surface area (TPSA) is 78.4 Å². The van der Waals surface area contributed by atoms with Gasteiger partial charge in [-0.25, -0.2) is 14.0 Å². The molecule has 0 saturated carbocycles. The van der Waals surface area contributed by atoms with Crippen LogP contribution in [0.4, 0.5) is 14.2 Å². The highest BCUT2D eigenvalue weighted by Gasteiger charge is 2.16. The van der Waals surface area contributed by atoms with Crippen LogP contribution >= 0.6 is 11.3 Å². The maximum absolute atomic E-state index is 13.6. The molecule has 2 amide bonds. The van der Waals surface area contributed by atoms with Crippen molar-refractivity contribution < 1.29 is 19.1 Å². The predicted octanol–water partition coefficient (Wildman–Crippen LogP) is 3.47. The molecule has 2 rings (SSSR count). The van der Waals surface area contributed by atoms with Gasteiger partial charge in [0.05, 0.1) is 11.6 Å². The lowest BCUT2D eigenvalue weighted by Gasteiger charge is -2.15. The first-order valence-electron chi connectivity index (χ1n) is 6.11. The van der Waals surface area contributed by atoms with Gasteiger partial charge in [-0.1, -0.05) is 18.2 Å². The molecule has 3 N–H and O–H groups in total. The summed E-state index contributed by atoms with van der Waals surface area (Å²) < 4.78 is 13.6. The summed E-state index contributed by atoms with van der Waals surface area (Å²) in [5.41, 5.74) is 0.381. The first-order chi connectivity index (χ1) is 9.99. The van der Waals surface area contributed by atoms with Crippen LogP contribution in [0.15, 0.2) is 35.7 Å². The molecule has 0 unspecified atom stereocenters. The summed E-state index contributed by atoms with van der Waals surface area (Å²) in [6.45, 7) is 1.64. The Morgan fingerprint density at radius 2 is 2.00 bits per heavy atom. The summed E-state index contributed by atoms with van der Waals surface area (Å²) in [5.74, 6) is -1.53. The average Bonchev–Trinajstić information content (AvgIpc) is 2.87. The lowest BCUT2D eigenvalue weighted by molar-refractivity contribution is 0.0698. The van der Waals surface area contributed by atoms with E-state index in [2.05, 4.69) is 10.6 Å². The summed E-state index contributed by atoms with van der Waals surface area (Å²) in [7, 11) is 0. The van der Waals surface area contributed by atoms with Gasteiger partial charge in [-0.3, -0.25) is 5.32 Å². The molecule has 21 heavy (non-hydrogen) atoms. The van der Waals surface area contributed by atoms with Crippen molar-refractivity contribution >= 4 is 28.3 Å². The fraction of sp³-hybridized carbons (Fsp3) is 0.143. The lowest BCUT2D eigenvalue weighted by Crippen LogP contribution is -2.31. The van der Waals surface area contributed by atoms with Crippen molar-refractivity contribution in [2.75, 3.05) is 5.32 Å². The molecular formula is C14H13FN2O3S. The molecule has 110 valence electrons. The Balaban J connectivity index is 2.03. The normalized spacial score (nSPS) is 11.7. The maximum atomic E-state index is 13.6. The van der Waals surface area contributed by atoms with E-state index < -0.39 is 23.9 Å². The zero-order chi connectivity index (χ0) is 15.4. The van der Waals surface area contributed by atoms with Gasteiger partial charge in [0.25, 0.3) is 0 Å². The van der Waals surface area contributed by atoms with Crippen LogP contribution in [-0.2, 0) is 0 Å². The highest BCUT2D eigenvalue weighted by molar-refractivity contribution is 7.14. The van der Waals surface area contributed by atoms with E-state index in [1.807, 2.05) is 0 Å². The van der Waals surface area contributed by atoms with E-state index in [0.717, 1.165) is 11.3 Å². The number of benzene rings is 1. The smallest absolute Gasteiger partial charge is 0.338 e. The number of hydrogen-bond acceptors (Lipinski definition) is 3.